The fourth-order valence-corrected chi connectivity index (χ4v) is 4.00. The Kier molecular flexibility index (Phi) is 6.64. The van der Waals surface area contributed by atoms with Gasteiger partial charge in [-0.25, -0.2) is 18.1 Å². The van der Waals surface area contributed by atoms with Crippen LogP contribution in [0.5, 0.6) is 0 Å². The van der Waals surface area contributed by atoms with Gasteiger partial charge in [-0.3, -0.25) is 4.79 Å². The van der Waals surface area contributed by atoms with E-state index in [0.717, 1.165) is 36.9 Å². The second-order valence-corrected chi connectivity index (χ2v) is 8.85. The summed E-state index contributed by atoms with van der Waals surface area (Å²) in [4.78, 5) is 16.7. The number of carbonyl (C=O) groups excluding carboxylic acids is 1. The van der Waals surface area contributed by atoms with Gasteiger partial charge in [-0.2, -0.15) is 0 Å². The Morgan fingerprint density at radius 3 is 2.61 bits per heavy atom. The quantitative estimate of drug-likeness (QED) is 0.661. The molecule has 2 aromatic rings. The van der Waals surface area contributed by atoms with Crippen molar-refractivity contribution < 1.29 is 13.2 Å². The number of rotatable bonds is 7. The molecule has 3 rings (SSSR count). The molecule has 0 atom stereocenters. The first-order chi connectivity index (χ1) is 13.5. The number of hydrogen-bond acceptors (Lipinski definition) is 5. The van der Waals surface area contributed by atoms with Crippen LogP contribution in [0, 0.1) is 5.92 Å². The molecule has 3 N–H and O–H groups in total. The van der Waals surface area contributed by atoms with Crippen LogP contribution < -0.4 is 15.4 Å². The van der Waals surface area contributed by atoms with E-state index < -0.39 is 10.0 Å². The lowest BCUT2D eigenvalue weighted by Gasteiger charge is -2.20. The molecule has 0 saturated heterocycles. The van der Waals surface area contributed by atoms with Crippen LogP contribution in [0.3, 0.4) is 0 Å². The van der Waals surface area contributed by atoms with Crippen LogP contribution in [0.25, 0.3) is 0 Å². The van der Waals surface area contributed by atoms with Crippen molar-refractivity contribution in [1.29, 1.82) is 0 Å². The molecule has 7 nitrogen and oxygen atoms in total. The molecule has 28 heavy (non-hydrogen) atoms. The van der Waals surface area contributed by atoms with Gasteiger partial charge in [0.15, 0.2) is 0 Å². The minimum atomic E-state index is -3.49. The van der Waals surface area contributed by atoms with Crippen LogP contribution in [0.15, 0.2) is 47.5 Å². The van der Waals surface area contributed by atoms with E-state index >= 15 is 0 Å². The zero-order chi connectivity index (χ0) is 20.0. The maximum Gasteiger partial charge on any atom is 0.241 e. The van der Waals surface area contributed by atoms with Crippen molar-refractivity contribution in [3.8, 4) is 0 Å². The normalized spacial score (nSPS) is 15.2. The summed E-state index contributed by atoms with van der Waals surface area (Å²) in [5, 5.41) is 6.19. The highest BCUT2D eigenvalue weighted by Crippen LogP contribution is 2.25. The van der Waals surface area contributed by atoms with Crippen LogP contribution in [-0.2, 0) is 21.4 Å². The van der Waals surface area contributed by atoms with Gasteiger partial charge < -0.3 is 10.6 Å². The molecule has 1 heterocycles. The standard InChI is InChI=1S/C20H26N4O3S/c1-21-28(26,27)18-10-11-19(23-14-18)22-13-15-6-5-9-17(12-15)24-20(25)16-7-3-2-4-8-16/h5-6,9-12,14,16,21H,2-4,7-8,13H2,1H3,(H,22,23)(H,24,25). The highest BCUT2D eigenvalue weighted by atomic mass is 32.2. The first kappa shape index (κ1) is 20.3. The van der Waals surface area contributed by atoms with Crippen LogP contribution >= 0.6 is 0 Å². The van der Waals surface area contributed by atoms with Gasteiger partial charge in [0.2, 0.25) is 15.9 Å². The topological polar surface area (TPSA) is 100 Å². The third-order valence-corrected chi connectivity index (χ3v) is 6.36. The zero-order valence-corrected chi connectivity index (χ0v) is 16.8. The zero-order valence-electron chi connectivity index (χ0n) is 15.9. The molecule has 1 aliphatic carbocycles. The summed E-state index contributed by atoms with van der Waals surface area (Å²) in [5.41, 5.74) is 1.79. The minimum Gasteiger partial charge on any atom is -0.366 e. The lowest BCUT2D eigenvalue weighted by molar-refractivity contribution is -0.120. The largest absolute Gasteiger partial charge is 0.366 e. The molecule has 0 radical (unpaired) electrons. The van der Waals surface area contributed by atoms with Crippen molar-refractivity contribution >= 4 is 27.4 Å². The number of amides is 1. The molecule has 1 aromatic carbocycles. The maximum absolute atomic E-state index is 12.4. The van der Waals surface area contributed by atoms with E-state index in [2.05, 4.69) is 20.3 Å². The first-order valence-corrected chi connectivity index (χ1v) is 11.0. The third-order valence-electron chi connectivity index (χ3n) is 4.96. The fraction of sp³-hybridized carbons (Fsp3) is 0.400. The van der Waals surface area contributed by atoms with Crippen molar-refractivity contribution in [2.24, 2.45) is 5.92 Å². The number of nitrogens with one attached hydrogen (secondary N) is 3. The molecule has 0 unspecified atom stereocenters. The molecular formula is C20H26N4O3S. The van der Waals surface area contributed by atoms with Crippen molar-refractivity contribution in [3.63, 3.8) is 0 Å². The van der Waals surface area contributed by atoms with E-state index in [1.807, 2.05) is 24.3 Å². The predicted octanol–water partition coefficient (Wildman–Crippen LogP) is 3.12. The van der Waals surface area contributed by atoms with Crippen molar-refractivity contribution in [3.05, 3.63) is 48.2 Å². The van der Waals surface area contributed by atoms with Crippen molar-refractivity contribution in [2.75, 3.05) is 17.7 Å². The average Bonchev–Trinajstić information content (AvgIpc) is 2.73. The van der Waals surface area contributed by atoms with Crippen LogP contribution in [0.4, 0.5) is 11.5 Å². The Bertz CT molecular complexity index is 907. The first-order valence-electron chi connectivity index (χ1n) is 9.51. The number of nitrogens with zero attached hydrogens (tertiary/aromatic N) is 1. The fourth-order valence-electron chi connectivity index (χ4n) is 3.32. The van der Waals surface area contributed by atoms with Gasteiger partial charge in [0.05, 0.1) is 0 Å². The summed E-state index contributed by atoms with van der Waals surface area (Å²) >= 11 is 0. The van der Waals surface area contributed by atoms with Gasteiger partial charge >= 0.3 is 0 Å². The third kappa shape index (κ3) is 5.30. The van der Waals surface area contributed by atoms with Gasteiger partial charge in [0.25, 0.3) is 0 Å². The highest BCUT2D eigenvalue weighted by molar-refractivity contribution is 7.89. The van der Waals surface area contributed by atoms with Gasteiger partial charge in [-0.05, 0) is 49.7 Å². The smallest absolute Gasteiger partial charge is 0.241 e. The van der Waals surface area contributed by atoms with Gasteiger partial charge in [-0.1, -0.05) is 31.4 Å². The number of anilines is 2. The second-order valence-electron chi connectivity index (χ2n) is 6.96. The molecule has 1 amide bonds. The van der Waals surface area contributed by atoms with E-state index in [1.54, 1.807) is 6.07 Å². The average molecular weight is 403 g/mol. The second kappa shape index (κ2) is 9.16. The molecule has 0 aliphatic heterocycles. The molecule has 1 aromatic heterocycles. The lowest BCUT2D eigenvalue weighted by atomic mass is 9.88. The molecule has 1 aliphatic rings. The van der Waals surface area contributed by atoms with Crippen molar-refractivity contribution in [1.82, 2.24) is 9.71 Å². The molecule has 1 fully saturated rings. The summed E-state index contributed by atoms with van der Waals surface area (Å²) < 4.78 is 25.7. The lowest BCUT2D eigenvalue weighted by Crippen LogP contribution is -2.24. The van der Waals surface area contributed by atoms with Gasteiger partial charge in [0.1, 0.15) is 10.7 Å². The van der Waals surface area contributed by atoms with Gasteiger partial charge in [-0.15, -0.1) is 0 Å². The Labute approximate surface area is 166 Å². The van der Waals surface area contributed by atoms with Crippen LogP contribution in [0.1, 0.15) is 37.7 Å². The maximum atomic E-state index is 12.4. The van der Waals surface area contributed by atoms with E-state index in [9.17, 15) is 13.2 Å². The summed E-state index contributed by atoms with van der Waals surface area (Å²) in [7, 11) is -2.13. The van der Waals surface area contributed by atoms with E-state index in [0.29, 0.717) is 12.4 Å². The summed E-state index contributed by atoms with van der Waals surface area (Å²) in [6, 6.07) is 10.8. The summed E-state index contributed by atoms with van der Waals surface area (Å²) in [5.74, 6) is 0.798. The number of hydrogen-bond donors (Lipinski definition) is 3. The van der Waals surface area contributed by atoms with E-state index in [4.69, 9.17) is 0 Å². The Morgan fingerprint density at radius 2 is 1.93 bits per heavy atom. The van der Waals surface area contributed by atoms with Crippen molar-refractivity contribution in [2.45, 2.75) is 43.5 Å². The predicted molar refractivity (Wildman–Crippen MR) is 109 cm³/mol. The molecular weight excluding hydrogens is 376 g/mol. The molecule has 8 heteroatoms. The number of sulfonamides is 1. The van der Waals surface area contributed by atoms with Gasteiger partial charge in [0, 0.05) is 24.3 Å². The number of benzene rings is 1. The Hall–Kier alpha value is -2.45. The Balaban J connectivity index is 1.58. The molecule has 1 saturated carbocycles. The SMILES string of the molecule is CNS(=O)(=O)c1ccc(NCc2cccc(NC(=O)C3CCCCC3)c2)nc1. The molecule has 150 valence electrons. The Morgan fingerprint density at radius 1 is 1.14 bits per heavy atom. The summed E-state index contributed by atoms with van der Waals surface area (Å²) in [6.45, 7) is 0.512. The van der Waals surface area contributed by atoms with E-state index in [-0.39, 0.29) is 16.7 Å². The van der Waals surface area contributed by atoms with E-state index in [1.165, 1.54) is 25.7 Å². The highest BCUT2D eigenvalue weighted by Gasteiger charge is 2.21. The molecule has 0 bridgehead atoms. The molecule has 0 spiro atoms. The number of carbonyl (C=O) groups is 1. The number of pyridine rings is 1. The van der Waals surface area contributed by atoms with Crippen LogP contribution in [-0.4, -0.2) is 26.4 Å². The van der Waals surface area contributed by atoms with Crippen LogP contribution in [0.2, 0.25) is 0 Å². The minimum absolute atomic E-state index is 0.104. The summed E-state index contributed by atoms with van der Waals surface area (Å²) in [6.07, 6.45) is 6.73. The number of aromatic nitrogens is 1. The monoisotopic (exact) mass is 402 g/mol.